The van der Waals surface area contributed by atoms with E-state index in [0.717, 1.165) is 12.8 Å². The smallest absolute Gasteiger partial charge is 0.410 e. The van der Waals surface area contributed by atoms with Gasteiger partial charge in [0, 0.05) is 26.3 Å². The highest BCUT2D eigenvalue weighted by Gasteiger charge is 2.48. The summed E-state index contributed by atoms with van der Waals surface area (Å²) < 4.78 is 16.9. The normalized spacial score (nSPS) is 23.2. The number of amides is 2. The first-order valence-electron chi connectivity index (χ1n) is 11.5. The van der Waals surface area contributed by atoms with Crippen LogP contribution in [0, 0.1) is 11.8 Å². The third kappa shape index (κ3) is 5.49. The van der Waals surface area contributed by atoms with Crippen molar-refractivity contribution in [1.29, 1.82) is 0 Å². The maximum Gasteiger partial charge on any atom is 0.410 e. The second-order valence-corrected chi connectivity index (χ2v) is 8.51. The van der Waals surface area contributed by atoms with Crippen molar-refractivity contribution in [3.05, 3.63) is 12.2 Å². The molecule has 4 rings (SSSR count). The number of imidazole rings is 1. The zero-order chi connectivity index (χ0) is 25.8. The first kappa shape index (κ1) is 25.6. The summed E-state index contributed by atoms with van der Waals surface area (Å²) in [5, 5.41) is 23.8. The Morgan fingerprint density at radius 2 is 2.08 bits per heavy atom. The van der Waals surface area contributed by atoms with Gasteiger partial charge in [-0.05, 0) is 25.2 Å². The molecule has 2 aromatic rings. The van der Waals surface area contributed by atoms with Gasteiger partial charge in [-0.25, -0.2) is 19.7 Å². The van der Waals surface area contributed by atoms with Crippen LogP contribution in [0.3, 0.4) is 0 Å². The van der Waals surface area contributed by atoms with Crippen LogP contribution >= 0.6 is 0 Å². The quantitative estimate of drug-likeness (QED) is 0.249. The summed E-state index contributed by atoms with van der Waals surface area (Å²) >= 11 is 0. The van der Waals surface area contributed by atoms with E-state index in [4.69, 9.17) is 19.9 Å². The minimum atomic E-state index is -1.44. The van der Waals surface area contributed by atoms with Gasteiger partial charge in [0.2, 0.25) is 5.82 Å². The molecule has 1 aliphatic heterocycles. The van der Waals surface area contributed by atoms with Crippen molar-refractivity contribution in [2.75, 3.05) is 39.6 Å². The predicted octanol–water partition coefficient (Wildman–Crippen LogP) is -1.24. The second kappa shape index (κ2) is 11.0. The number of hydrogen-bond donors (Lipinski definition) is 4. The monoisotopic (exact) mass is 503 g/mol. The summed E-state index contributed by atoms with van der Waals surface area (Å²) in [6.07, 6.45) is -2.07. The van der Waals surface area contributed by atoms with Crippen LogP contribution in [-0.2, 0) is 19.0 Å². The number of rotatable bonds is 8. The lowest BCUT2D eigenvalue weighted by Crippen LogP contribution is -2.43. The van der Waals surface area contributed by atoms with Gasteiger partial charge in [0.15, 0.2) is 23.8 Å². The van der Waals surface area contributed by atoms with Crippen LogP contribution in [0.25, 0.3) is 11.2 Å². The van der Waals surface area contributed by atoms with Gasteiger partial charge in [0.05, 0.1) is 20.0 Å². The summed E-state index contributed by atoms with van der Waals surface area (Å²) in [6, 6.07) is 0.0716. The molecular formula is C22H29N7O7. The Balaban J connectivity index is 1.54. The fourth-order valence-electron chi connectivity index (χ4n) is 3.78. The molecule has 0 spiro atoms. The molecule has 5 N–H and O–H groups in total. The number of aromatic nitrogens is 4. The lowest BCUT2D eigenvalue weighted by Gasteiger charge is -2.18. The van der Waals surface area contributed by atoms with Crippen molar-refractivity contribution in [2.24, 2.45) is 0 Å². The van der Waals surface area contributed by atoms with Crippen molar-refractivity contribution in [1.82, 2.24) is 29.7 Å². The Hall–Kier alpha value is -3.51. The first-order chi connectivity index (χ1) is 17.3. The van der Waals surface area contributed by atoms with Gasteiger partial charge >= 0.3 is 6.09 Å². The van der Waals surface area contributed by atoms with Crippen molar-refractivity contribution in [2.45, 2.75) is 49.8 Å². The van der Waals surface area contributed by atoms with E-state index >= 15 is 0 Å². The number of hydrogen-bond acceptors (Lipinski definition) is 11. The van der Waals surface area contributed by atoms with Crippen LogP contribution in [-0.4, -0.2) is 105 Å². The number of methoxy groups -OCH3 is 2. The maximum absolute atomic E-state index is 12.4. The fourth-order valence-corrected chi connectivity index (χ4v) is 3.78. The highest BCUT2D eigenvalue weighted by Crippen LogP contribution is 2.33. The maximum atomic E-state index is 12.4. The van der Waals surface area contributed by atoms with Crippen LogP contribution in [0.15, 0.2) is 6.33 Å². The Bertz CT molecular complexity index is 1170. The van der Waals surface area contributed by atoms with E-state index in [1.54, 1.807) is 7.11 Å². The first-order valence-corrected chi connectivity index (χ1v) is 11.5. The predicted molar refractivity (Wildman–Crippen MR) is 124 cm³/mol. The van der Waals surface area contributed by atoms with E-state index in [-0.39, 0.29) is 35.4 Å². The minimum Gasteiger partial charge on any atom is -0.453 e. The average Bonchev–Trinajstić information content (AvgIpc) is 3.50. The number of nitrogen functional groups attached to an aromatic ring is 1. The number of ether oxygens (including phenoxy) is 3. The Morgan fingerprint density at radius 1 is 1.31 bits per heavy atom. The van der Waals surface area contributed by atoms with Crippen molar-refractivity contribution in [3.8, 4) is 11.8 Å². The lowest BCUT2D eigenvalue weighted by molar-refractivity contribution is -0.137. The number of anilines is 1. The number of aliphatic hydroxyl groups excluding tert-OH is 2. The van der Waals surface area contributed by atoms with E-state index in [2.05, 4.69) is 32.1 Å². The third-order valence-electron chi connectivity index (χ3n) is 5.82. The van der Waals surface area contributed by atoms with Crippen molar-refractivity contribution < 1.29 is 34.0 Å². The number of nitrogens with zero attached hydrogens (tertiary/aromatic N) is 5. The van der Waals surface area contributed by atoms with Gasteiger partial charge in [-0.3, -0.25) is 14.3 Å². The largest absolute Gasteiger partial charge is 0.453 e. The molecule has 3 heterocycles. The molecule has 2 fully saturated rings. The molecule has 0 bridgehead atoms. The SMILES string of the molecule is COCCCN(CC#Cc1nc(N)c2ncn(C3OC(C(=O)NC4CC4)C(O)C3O)c2n1)C(=O)OC. The van der Waals surface area contributed by atoms with E-state index in [9.17, 15) is 19.8 Å². The standard InChI is InChI=1S/C22H29N7O7/c1-34-10-4-9-28(22(33)35-2)8-3-5-13-26-18(23)14-19(27-13)29(11-24-14)21-16(31)15(30)17(36-21)20(32)25-12-6-7-12/h11-12,15-17,21,30-31H,4,6-10H2,1-2H3,(H,25,32)(H2,23,26,27). The molecule has 14 nitrogen and oxygen atoms in total. The summed E-state index contributed by atoms with van der Waals surface area (Å²) in [5.74, 6) is 5.21. The van der Waals surface area contributed by atoms with E-state index in [1.165, 1.54) is 22.9 Å². The van der Waals surface area contributed by atoms with Crippen LogP contribution in [0.4, 0.5) is 10.6 Å². The summed E-state index contributed by atoms with van der Waals surface area (Å²) in [4.78, 5) is 38.5. The number of fused-ring (bicyclic) bond motifs is 1. The van der Waals surface area contributed by atoms with E-state index in [0.29, 0.717) is 19.6 Å². The van der Waals surface area contributed by atoms with Gasteiger partial charge in [0.25, 0.3) is 5.91 Å². The topological polar surface area (TPSA) is 187 Å². The zero-order valence-electron chi connectivity index (χ0n) is 20.0. The van der Waals surface area contributed by atoms with Gasteiger partial charge in [-0.15, -0.1) is 0 Å². The highest BCUT2D eigenvalue weighted by atomic mass is 16.6. The number of nitrogens with two attached hydrogens (primary N) is 1. The second-order valence-electron chi connectivity index (χ2n) is 8.51. The van der Waals surface area contributed by atoms with Gasteiger partial charge in [-0.2, -0.15) is 0 Å². The minimum absolute atomic E-state index is 0.0454. The van der Waals surface area contributed by atoms with Crippen molar-refractivity contribution in [3.63, 3.8) is 0 Å². The summed E-state index contributed by atoms with van der Waals surface area (Å²) in [6.45, 7) is 0.929. The number of nitrogens with one attached hydrogen (secondary N) is 1. The van der Waals surface area contributed by atoms with Crippen LogP contribution in [0.2, 0.25) is 0 Å². The summed E-state index contributed by atoms with van der Waals surface area (Å²) in [7, 11) is 2.86. The lowest BCUT2D eigenvalue weighted by atomic mass is 10.1. The van der Waals surface area contributed by atoms with Crippen LogP contribution < -0.4 is 11.1 Å². The van der Waals surface area contributed by atoms with Gasteiger partial charge in [-0.1, -0.05) is 5.92 Å². The molecule has 14 heteroatoms. The molecule has 2 aromatic heterocycles. The molecule has 0 aromatic carbocycles. The molecule has 1 saturated heterocycles. The fraction of sp³-hybridized carbons (Fsp3) is 0.591. The number of carbonyl (C=O) groups excluding carboxylic acids is 2. The van der Waals surface area contributed by atoms with Crippen molar-refractivity contribution >= 4 is 29.0 Å². The molecule has 1 saturated carbocycles. The number of aliphatic hydroxyl groups is 2. The summed E-state index contributed by atoms with van der Waals surface area (Å²) in [5.41, 5.74) is 6.49. The van der Waals surface area contributed by atoms with Gasteiger partial charge < -0.3 is 35.5 Å². The molecular weight excluding hydrogens is 474 g/mol. The molecule has 36 heavy (non-hydrogen) atoms. The Morgan fingerprint density at radius 3 is 2.78 bits per heavy atom. The number of carbonyl (C=O) groups is 2. The molecule has 2 amide bonds. The zero-order valence-corrected chi connectivity index (χ0v) is 20.0. The molecule has 4 atom stereocenters. The van der Waals surface area contributed by atoms with E-state index in [1.807, 2.05) is 0 Å². The van der Waals surface area contributed by atoms with Gasteiger partial charge in [0.1, 0.15) is 17.7 Å². The molecule has 4 unspecified atom stereocenters. The molecule has 2 aliphatic rings. The molecule has 0 radical (unpaired) electrons. The molecule has 1 aliphatic carbocycles. The average molecular weight is 504 g/mol. The Labute approximate surface area is 206 Å². The molecule has 194 valence electrons. The third-order valence-corrected chi connectivity index (χ3v) is 5.82. The van der Waals surface area contributed by atoms with Crippen LogP contribution in [0.5, 0.6) is 0 Å². The van der Waals surface area contributed by atoms with Crippen LogP contribution in [0.1, 0.15) is 31.3 Å². The van der Waals surface area contributed by atoms with E-state index < -0.39 is 36.5 Å². The Kier molecular flexibility index (Phi) is 7.85. The highest BCUT2D eigenvalue weighted by molar-refractivity contribution is 5.83.